The van der Waals surface area contributed by atoms with Crippen LogP contribution in [0.25, 0.3) is 0 Å². The number of allylic oxidation sites excluding steroid dienone is 4. The van der Waals surface area contributed by atoms with Crippen LogP contribution in [0.4, 0.5) is 0 Å². The zero-order chi connectivity index (χ0) is 8.97. The lowest BCUT2D eigenvalue weighted by Crippen LogP contribution is -2.17. The summed E-state index contributed by atoms with van der Waals surface area (Å²) >= 11 is 0. The zero-order valence-electron chi connectivity index (χ0n) is 7.46. The molecule has 1 aliphatic rings. The zero-order valence-corrected chi connectivity index (χ0v) is 7.46. The number of hydrogen-bond acceptors (Lipinski definition) is 1. The first kappa shape index (κ1) is 9.01. The summed E-state index contributed by atoms with van der Waals surface area (Å²) in [5.41, 5.74) is 8.28. The van der Waals surface area contributed by atoms with Crippen LogP contribution in [0.1, 0.15) is 13.3 Å². The van der Waals surface area contributed by atoms with E-state index in [0.29, 0.717) is 0 Å². The molecule has 0 aliphatic heterocycles. The Kier molecular flexibility index (Phi) is 3.06. The SMILES string of the molecule is C=CC(N)C1=CC=C(C)CC=C1. The summed E-state index contributed by atoms with van der Waals surface area (Å²) in [5.74, 6) is 0. The van der Waals surface area contributed by atoms with E-state index in [1.165, 1.54) is 5.57 Å². The third-order valence-corrected chi connectivity index (χ3v) is 1.95. The van der Waals surface area contributed by atoms with Crippen LogP contribution in [0, 0.1) is 0 Å². The minimum Gasteiger partial charge on any atom is -0.321 e. The molecule has 64 valence electrons. The van der Waals surface area contributed by atoms with E-state index in [9.17, 15) is 0 Å². The second-order valence-electron chi connectivity index (χ2n) is 3.05. The molecule has 0 aromatic carbocycles. The predicted molar refractivity (Wildman–Crippen MR) is 53.8 cm³/mol. The van der Waals surface area contributed by atoms with Gasteiger partial charge in [0.15, 0.2) is 0 Å². The predicted octanol–water partition coefficient (Wildman–Crippen LogP) is 2.33. The van der Waals surface area contributed by atoms with E-state index in [-0.39, 0.29) is 6.04 Å². The molecule has 1 rings (SSSR count). The van der Waals surface area contributed by atoms with Gasteiger partial charge in [-0.2, -0.15) is 0 Å². The van der Waals surface area contributed by atoms with Crippen molar-refractivity contribution in [3.8, 4) is 0 Å². The van der Waals surface area contributed by atoms with Gasteiger partial charge in [0, 0.05) is 6.04 Å². The summed E-state index contributed by atoms with van der Waals surface area (Å²) in [6, 6.07) is -0.0385. The van der Waals surface area contributed by atoms with Crippen LogP contribution in [0.15, 0.2) is 48.1 Å². The average Bonchev–Trinajstić information content (AvgIpc) is 2.29. The highest BCUT2D eigenvalue weighted by Gasteiger charge is 2.01. The second-order valence-corrected chi connectivity index (χ2v) is 3.05. The normalized spacial score (nSPS) is 19.2. The minimum atomic E-state index is -0.0385. The standard InChI is InChI=1S/C11H15N/c1-3-11(12)10-6-4-5-9(2)7-8-10/h3-4,6-8,11H,1,5,12H2,2H3. The molecule has 0 aromatic heterocycles. The average molecular weight is 161 g/mol. The molecule has 1 nitrogen and oxygen atoms in total. The fourth-order valence-corrected chi connectivity index (χ4v) is 1.10. The molecule has 0 amide bonds. The highest BCUT2D eigenvalue weighted by Crippen LogP contribution is 2.12. The lowest BCUT2D eigenvalue weighted by Gasteiger charge is -2.04. The van der Waals surface area contributed by atoms with E-state index in [4.69, 9.17) is 5.73 Å². The smallest absolute Gasteiger partial charge is 0.0478 e. The summed E-state index contributed by atoms with van der Waals surface area (Å²) in [5, 5.41) is 0. The van der Waals surface area contributed by atoms with Gasteiger partial charge in [0.1, 0.15) is 0 Å². The summed E-state index contributed by atoms with van der Waals surface area (Å²) in [4.78, 5) is 0. The summed E-state index contributed by atoms with van der Waals surface area (Å²) in [7, 11) is 0. The van der Waals surface area contributed by atoms with Crippen LogP contribution >= 0.6 is 0 Å². The van der Waals surface area contributed by atoms with E-state index in [1.54, 1.807) is 6.08 Å². The van der Waals surface area contributed by atoms with Crippen molar-refractivity contribution in [2.75, 3.05) is 0 Å². The Morgan fingerprint density at radius 2 is 2.33 bits per heavy atom. The maximum absolute atomic E-state index is 5.80. The quantitative estimate of drug-likeness (QED) is 0.618. The first-order valence-electron chi connectivity index (χ1n) is 4.16. The molecule has 2 N–H and O–H groups in total. The van der Waals surface area contributed by atoms with Crippen LogP contribution in [-0.4, -0.2) is 6.04 Å². The largest absolute Gasteiger partial charge is 0.321 e. The van der Waals surface area contributed by atoms with Gasteiger partial charge in [-0.05, 0) is 18.9 Å². The molecule has 0 bridgehead atoms. The van der Waals surface area contributed by atoms with Crippen molar-refractivity contribution < 1.29 is 0 Å². The first-order valence-corrected chi connectivity index (χ1v) is 4.16. The minimum absolute atomic E-state index is 0.0385. The molecule has 0 heterocycles. The van der Waals surface area contributed by atoms with Crippen LogP contribution < -0.4 is 5.73 Å². The van der Waals surface area contributed by atoms with Gasteiger partial charge in [0.2, 0.25) is 0 Å². The van der Waals surface area contributed by atoms with Gasteiger partial charge >= 0.3 is 0 Å². The van der Waals surface area contributed by atoms with Crippen molar-refractivity contribution in [1.29, 1.82) is 0 Å². The fourth-order valence-electron chi connectivity index (χ4n) is 1.10. The van der Waals surface area contributed by atoms with Gasteiger partial charge in [0.05, 0.1) is 0 Å². The molecular formula is C11H15N. The maximum atomic E-state index is 5.80. The van der Waals surface area contributed by atoms with E-state index in [2.05, 4.69) is 37.8 Å². The lowest BCUT2D eigenvalue weighted by molar-refractivity contribution is 0.983. The molecule has 1 heteroatoms. The highest BCUT2D eigenvalue weighted by atomic mass is 14.6. The Balaban J connectivity index is 2.83. The second kappa shape index (κ2) is 4.07. The fraction of sp³-hybridized carbons (Fsp3) is 0.273. The van der Waals surface area contributed by atoms with Crippen LogP contribution in [-0.2, 0) is 0 Å². The van der Waals surface area contributed by atoms with Crippen molar-refractivity contribution in [3.05, 3.63) is 48.1 Å². The van der Waals surface area contributed by atoms with Crippen molar-refractivity contribution >= 4 is 0 Å². The van der Waals surface area contributed by atoms with E-state index < -0.39 is 0 Å². The third-order valence-electron chi connectivity index (χ3n) is 1.95. The number of nitrogens with two attached hydrogens (primary N) is 1. The van der Waals surface area contributed by atoms with E-state index >= 15 is 0 Å². The summed E-state index contributed by atoms with van der Waals surface area (Å²) in [6.07, 6.45) is 11.1. The molecule has 0 radical (unpaired) electrons. The topological polar surface area (TPSA) is 26.0 Å². The molecule has 0 spiro atoms. The van der Waals surface area contributed by atoms with E-state index in [1.807, 2.05) is 0 Å². The molecule has 12 heavy (non-hydrogen) atoms. The molecule has 0 saturated heterocycles. The first-order chi connectivity index (χ1) is 5.74. The summed E-state index contributed by atoms with van der Waals surface area (Å²) < 4.78 is 0. The highest BCUT2D eigenvalue weighted by molar-refractivity contribution is 5.35. The Morgan fingerprint density at radius 1 is 1.58 bits per heavy atom. The molecule has 0 saturated carbocycles. The van der Waals surface area contributed by atoms with Gasteiger partial charge in [-0.3, -0.25) is 0 Å². The molecule has 1 atom stereocenters. The van der Waals surface area contributed by atoms with Gasteiger partial charge in [-0.15, -0.1) is 6.58 Å². The third kappa shape index (κ3) is 2.21. The van der Waals surface area contributed by atoms with E-state index in [0.717, 1.165) is 12.0 Å². The number of hydrogen-bond donors (Lipinski definition) is 1. The van der Waals surface area contributed by atoms with Crippen LogP contribution in [0.3, 0.4) is 0 Å². The van der Waals surface area contributed by atoms with Crippen molar-refractivity contribution in [1.82, 2.24) is 0 Å². The monoisotopic (exact) mass is 161 g/mol. The Labute approximate surface area is 74.0 Å². The Bertz CT molecular complexity index is 256. The molecule has 0 fully saturated rings. The van der Waals surface area contributed by atoms with Gasteiger partial charge in [0.25, 0.3) is 0 Å². The van der Waals surface area contributed by atoms with Crippen molar-refractivity contribution in [3.63, 3.8) is 0 Å². The van der Waals surface area contributed by atoms with Crippen molar-refractivity contribution in [2.24, 2.45) is 5.73 Å². The summed E-state index contributed by atoms with van der Waals surface area (Å²) in [6.45, 7) is 5.78. The van der Waals surface area contributed by atoms with Gasteiger partial charge in [-0.1, -0.05) is 36.0 Å². The number of rotatable bonds is 2. The van der Waals surface area contributed by atoms with Gasteiger partial charge in [-0.25, -0.2) is 0 Å². The maximum Gasteiger partial charge on any atom is 0.0478 e. The molecule has 1 unspecified atom stereocenters. The molecule has 0 aromatic rings. The Hall–Kier alpha value is -1.08. The van der Waals surface area contributed by atoms with Gasteiger partial charge < -0.3 is 5.73 Å². The van der Waals surface area contributed by atoms with Crippen LogP contribution in [0.2, 0.25) is 0 Å². The van der Waals surface area contributed by atoms with Crippen molar-refractivity contribution in [2.45, 2.75) is 19.4 Å². The van der Waals surface area contributed by atoms with Crippen LogP contribution in [0.5, 0.6) is 0 Å². The molecular weight excluding hydrogens is 146 g/mol. The lowest BCUT2D eigenvalue weighted by atomic mass is 10.1. The Morgan fingerprint density at radius 3 is 3.00 bits per heavy atom. The molecule has 1 aliphatic carbocycles.